The fraction of sp³-hybridized carbons (Fsp3) is 0.421. The number of aryl methyl sites for hydroxylation is 1. The molecule has 21 heavy (non-hydrogen) atoms. The van der Waals surface area contributed by atoms with Gasteiger partial charge in [0.25, 0.3) is 0 Å². The molecule has 1 unspecified atom stereocenters. The van der Waals surface area contributed by atoms with E-state index in [0.717, 1.165) is 19.3 Å². The van der Waals surface area contributed by atoms with Crippen LogP contribution in [0.15, 0.2) is 48.8 Å². The molecule has 1 aromatic heterocycles. The van der Waals surface area contributed by atoms with Gasteiger partial charge in [-0.3, -0.25) is 4.98 Å². The fourth-order valence-electron chi connectivity index (χ4n) is 2.74. The summed E-state index contributed by atoms with van der Waals surface area (Å²) in [5.74, 6) is 0.698. The van der Waals surface area contributed by atoms with Crippen LogP contribution in [-0.2, 0) is 12.8 Å². The summed E-state index contributed by atoms with van der Waals surface area (Å²) >= 11 is 0. The van der Waals surface area contributed by atoms with Crippen molar-refractivity contribution in [2.45, 2.75) is 39.2 Å². The van der Waals surface area contributed by atoms with Crippen molar-refractivity contribution >= 4 is 0 Å². The van der Waals surface area contributed by atoms with E-state index in [0.29, 0.717) is 12.0 Å². The maximum atomic E-state index is 4.19. The molecule has 0 aliphatic heterocycles. The normalized spacial score (nSPS) is 12.6. The Morgan fingerprint density at radius 2 is 1.90 bits per heavy atom. The summed E-state index contributed by atoms with van der Waals surface area (Å²) in [5.41, 5.74) is 4.12. The molecule has 1 heterocycles. The van der Waals surface area contributed by atoms with Crippen molar-refractivity contribution in [1.29, 1.82) is 0 Å². The van der Waals surface area contributed by atoms with Crippen LogP contribution in [0.25, 0.3) is 0 Å². The minimum atomic E-state index is 0.400. The van der Waals surface area contributed by atoms with Crippen molar-refractivity contribution < 1.29 is 0 Å². The van der Waals surface area contributed by atoms with Crippen molar-refractivity contribution in [1.82, 2.24) is 10.3 Å². The van der Waals surface area contributed by atoms with Crippen molar-refractivity contribution in [3.63, 3.8) is 0 Å². The van der Waals surface area contributed by atoms with Crippen molar-refractivity contribution in [2.24, 2.45) is 5.92 Å². The molecule has 2 heteroatoms. The lowest BCUT2D eigenvalue weighted by atomic mass is 9.95. The Morgan fingerprint density at radius 1 is 1.10 bits per heavy atom. The Labute approximate surface area is 128 Å². The highest BCUT2D eigenvalue weighted by molar-refractivity contribution is 5.26. The first-order chi connectivity index (χ1) is 10.2. The number of rotatable bonds is 7. The summed E-state index contributed by atoms with van der Waals surface area (Å²) in [6.45, 7) is 4.54. The van der Waals surface area contributed by atoms with E-state index in [1.807, 2.05) is 25.5 Å². The van der Waals surface area contributed by atoms with Gasteiger partial charge in [-0.05, 0) is 55.0 Å². The van der Waals surface area contributed by atoms with Crippen LogP contribution in [0, 0.1) is 5.92 Å². The second-order valence-corrected chi connectivity index (χ2v) is 6.08. The quantitative estimate of drug-likeness (QED) is 0.824. The highest BCUT2D eigenvalue weighted by Gasteiger charge is 2.10. The summed E-state index contributed by atoms with van der Waals surface area (Å²) in [6, 6.07) is 13.6. The van der Waals surface area contributed by atoms with Crippen LogP contribution < -0.4 is 5.32 Å². The summed E-state index contributed by atoms with van der Waals surface area (Å²) in [4.78, 5) is 4.19. The molecule has 2 rings (SSSR count). The lowest BCUT2D eigenvalue weighted by molar-refractivity contribution is 0.547. The van der Waals surface area contributed by atoms with Crippen molar-refractivity contribution in [2.75, 3.05) is 7.05 Å². The third-order valence-corrected chi connectivity index (χ3v) is 3.79. The second-order valence-electron chi connectivity index (χ2n) is 6.08. The number of aromatic nitrogens is 1. The maximum Gasteiger partial charge on any atom is 0.0320 e. The van der Waals surface area contributed by atoms with Crippen LogP contribution >= 0.6 is 0 Å². The average Bonchev–Trinajstić information content (AvgIpc) is 2.49. The first-order valence-electron chi connectivity index (χ1n) is 7.84. The summed E-state index contributed by atoms with van der Waals surface area (Å²) in [6.07, 6.45) is 7.07. The number of benzene rings is 1. The molecule has 112 valence electrons. The molecular weight excluding hydrogens is 256 g/mol. The smallest absolute Gasteiger partial charge is 0.0320 e. The molecule has 0 amide bonds. The molecule has 0 aliphatic carbocycles. The molecule has 0 aliphatic rings. The van der Waals surface area contributed by atoms with E-state index in [-0.39, 0.29) is 0 Å². The molecule has 1 N–H and O–H groups in total. The number of hydrogen-bond acceptors (Lipinski definition) is 2. The number of pyridine rings is 1. The van der Waals surface area contributed by atoms with Gasteiger partial charge >= 0.3 is 0 Å². The lowest BCUT2D eigenvalue weighted by Crippen LogP contribution is -2.17. The van der Waals surface area contributed by atoms with Gasteiger partial charge in [-0.25, -0.2) is 0 Å². The minimum Gasteiger partial charge on any atom is -0.313 e. The van der Waals surface area contributed by atoms with Crippen LogP contribution in [0.1, 0.15) is 43.0 Å². The molecule has 0 spiro atoms. The van der Waals surface area contributed by atoms with Crippen LogP contribution in [-0.4, -0.2) is 12.0 Å². The molecule has 2 aromatic rings. The van der Waals surface area contributed by atoms with Crippen molar-refractivity contribution in [3.8, 4) is 0 Å². The lowest BCUT2D eigenvalue weighted by Gasteiger charge is -2.18. The van der Waals surface area contributed by atoms with Crippen molar-refractivity contribution in [3.05, 3.63) is 65.5 Å². The molecule has 2 nitrogen and oxygen atoms in total. The van der Waals surface area contributed by atoms with Crippen LogP contribution in [0.3, 0.4) is 0 Å². The summed E-state index contributed by atoms with van der Waals surface area (Å²) in [5, 5.41) is 3.45. The van der Waals surface area contributed by atoms with Crippen LogP contribution in [0.5, 0.6) is 0 Å². The third kappa shape index (κ3) is 4.98. The van der Waals surface area contributed by atoms with E-state index in [1.54, 1.807) is 0 Å². The van der Waals surface area contributed by atoms with Crippen LogP contribution in [0.4, 0.5) is 0 Å². The van der Waals surface area contributed by atoms with Crippen LogP contribution in [0.2, 0.25) is 0 Å². The topological polar surface area (TPSA) is 24.9 Å². The SMILES string of the molecule is CNC(CCc1cccnc1)c1cccc(CC(C)C)c1. The zero-order valence-electron chi connectivity index (χ0n) is 13.3. The predicted molar refractivity (Wildman–Crippen MR) is 89.3 cm³/mol. The largest absolute Gasteiger partial charge is 0.313 e. The Kier molecular flexibility index (Phi) is 5.94. The van der Waals surface area contributed by atoms with Gasteiger partial charge in [-0.2, -0.15) is 0 Å². The fourth-order valence-corrected chi connectivity index (χ4v) is 2.74. The Morgan fingerprint density at radius 3 is 2.57 bits per heavy atom. The molecule has 0 saturated carbocycles. The first kappa shape index (κ1) is 15.7. The summed E-state index contributed by atoms with van der Waals surface area (Å²) < 4.78 is 0. The Hall–Kier alpha value is -1.67. The molecular formula is C19H26N2. The van der Waals surface area contributed by atoms with Gasteiger partial charge in [-0.15, -0.1) is 0 Å². The molecule has 0 fully saturated rings. The van der Waals surface area contributed by atoms with Gasteiger partial charge in [0.05, 0.1) is 0 Å². The van der Waals surface area contributed by atoms with E-state index in [1.165, 1.54) is 16.7 Å². The van der Waals surface area contributed by atoms with E-state index >= 15 is 0 Å². The molecule has 0 saturated heterocycles. The zero-order chi connectivity index (χ0) is 15.1. The molecule has 1 atom stereocenters. The van der Waals surface area contributed by atoms with Gasteiger partial charge in [0.15, 0.2) is 0 Å². The van der Waals surface area contributed by atoms with E-state index in [2.05, 4.69) is 54.5 Å². The minimum absolute atomic E-state index is 0.400. The second kappa shape index (κ2) is 7.94. The highest BCUT2D eigenvalue weighted by atomic mass is 14.9. The molecule has 0 radical (unpaired) electrons. The number of nitrogens with zero attached hydrogens (tertiary/aromatic N) is 1. The monoisotopic (exact) mass is 282 g/mol. The van der Waals surface area contributed by atoms with E-state index < -0.39 is 0 Å². The number of nitrogens with one attached hydrogen (secondary N) is 1. The first-order valence-corrected chi connectivity index (χ1v) is 7.84. The van der Waals surface area contributed by atoms with E-state index in [9.17, 15) is 0 Å². The van der Waals surface area contributed by atoms with Gasteiger partial charge < -0.3 is 5.32 Å². The predicted octanol–water partition coefficient (Wildman–Crippen LogP) is 4.17. The van der Waals surface area contributed by atoms with Gasteiger partial charge in [-0.1, -0.05) is 44.2 Å². The van der Waals surface area contributed by atoms with Gasteiger partial charge in [0, 0.05) is 18.4 Å². The molecule has 1 aromatic carbocycles. The highest BCUT2D eigenvalue weighted by Crippen LogP contribution is 2.21. The standard InChI is InChI=1S/C19H26N2/c1-15(2)12-17-6-4-8-18(13-17)19(20-3)10-9-16-7-5-11-21-14-16/h4-8,11,13-15,19-20H,9-10,12H2,1-3H3. The van der Waals surface area contributed by atoms with E-state index in [4.69, 9.17) is 0 Å². The Balaban J connectivity index is 2.03. The van der Waals surface area contributed by atoms with Gasteiger partial charge in [0.1, 0.15) is 0 Å². The van der Waals surface area contributed by atoms with Gasteiger partial charge in [0.2, 0.25) is 0 Å². The maximum absolute atomic E-state index is 4.19. The third-order valence-electron chi connectivity index (χ3n) is 3.79. The summed E-state index contributed by atoms with van der Waals surface area (Å²) in [7, 11) is 2.04. The molecule has 0 bridgehead atoms. The number of hydrogen-bond donors (Lipinski definition) is 1. The Bertz CT molecular complexity index is 534. The zero-order valence-corrected chi connectivity index (χ0v) is 13.3. The average molecular weight is 282 g/mol.